The van der Waals surface area contributed by atoms with Crippen LogP contribution >= 0.6 is 0 Å². The third-order valence-electron chi connectivity index (χ3n) is 5.97. The molecule has 2 aromatic rings. The number of amides is 1. The lowest BCUT2D eigenvalue weighted by molar-refractivity contribution is 0.0656. The second-order valence-corrected chi connectivity index (χ2v) is 8.87. The Morgan fingerprint density at radius 1 is 1.11 bits per heavy atom. The molecule has 0 atom stereocenters. The number of hydrogen-bond acceptors (Lipinski definition) is 5. The second-order valence-electron chi connectivity index (χ2n) is 8.87. The first-order valence-electron chi connectivity index (χ1n) is 9.67. The van der Waals surface area contributed by atoms with Gasteiger partial charge in [-0.15, -0.1) is 0 Å². The Hall–Kier alpha value is -2.77. The van der Waals surface area contributed by atoms with E-state index in [2.05, 4.69) is 15.0 Å². The Balaban J connectivity index is 1.59. The number of hydrogen-bond donors (Lipinski definition) is 2. The van der Waals surface area contributed by atoms with Gasteiger partial charge in [0.2, 0.25) is 0 Å². The average Bonchev–Trinajstić information content (AvgIpc) is 3.00. The van der Waals surface area contributed by atoms with Crippen LogP contribution in [-0.4, -0.2) is 43.8 Å². The van der Waals surface area contributed by atoms with Gasteiger partial charge in [0.25, 0.3) is 17.0 Å². The molecule has 1 spiro atoms. The van der Waals surface area contributed by atoms with E-state index in [1.54, 1.807) is 4.90 Å². The van der Waals surface area contributed by atoms with E-state index in [0.717, 1.165) is 43.1 Å². The predicted molar refractivity (Wildman–Crippen MR) is 104 cm³/mol. The molecule has 1 aliphatic heterocycles. The lowest BCUT2D eigenvalue weighted by Crippen LogP contribution is -2.45. The SMILES string of the molecule is CC(C)(C)c1nc2c(c(=O)[nH]1)CCC21CCN(C(=O)c2cncc(=O)[nH]2)CC1. The maximum atomic E-state index is 12.7. The normalized spacial score (nSPS) is 18.3. The third kappa shape index (κ3) is 3.06. The molecule has 0 aromatic carbocycles. The first-order valence-corrected chi connectivity index (χ1v) is 9.67. The second kappa shape index (κ2) is 6.39. The average molecular weight is 383 g/mol. The number of fused-ring (bicyclic) bond motifs is 2. The van der Waals surface area contributed by atoms with Crippen LogP contribution in [0.5, 0.6) is 0 Å². The van der Waals surface area contributed by atoms with Crippen molar-refractivity contribution < 1.29 is 4.79 Å². The van der Waals surface area contributed by atoms with Gasteiger partial charge in [-0.2, -0.15) is 0 Å². The zero-order valence-electron chi connectivity index (χ0n) is 16.5. The molecule has 8 heteroatoms. The van der Waals surface area contributed by atoms with Crippen LogP contribution in [0, 0.1) is 0 Å². The largest absolute Gasteiger partial charge is 0.337 e. The van der Waals surface area contributed by atoms with Gasteiger partial charge in [0.05, 0.1) is 18.1 Å². The molecule has 2 aromatic heterocycles. The minimum atomic E-state index is -0.387. The minimum absolute atomic E-state index is 0.0294. The maximum absolute atomic E-state index is 12.7. The van der Waals surface area contributed by atoms with E-state index >= 15 is 0 Å². The lowest BCUT2D eigenvalue weighted by atomic mass is 9.76. The molecule has 1 fully saturated rings. The van der Waals surface area contributed by atoms with Crippen LogP contribution in [0.25, 0.3) is 0 Å². The summed E-state index contributed by atoms with van der Waals surface area (Å²) in [5.74, 6) is 0.497. The highest BCUT2D eigenvalue weighted by atomic mass is 16.2. The molecule has 0 bridgehead atoms. The van der Waals surface area contributed by atoms with Gasteiger partial charge in [0.1, 0.15) is 11.5 Å². The molecule has 1 saturated heterocycles. The Labute approximate surface area is 162 Å². The fourth-order valence-electron chi connectivity index (χ4n) is 4.29. The summed E-state index contributed by atoms with van der Waals surface area (Å²) in [4.78, 5) is 52.6. The Bertz CT molecular complexity index is 1040. The number of likely N-dealkylation sites (tertiary alicyclic amines) is 1. The number of aromatic nitrogens is 4. The molecule has 2 N–H and O–H groups in total. The van der Waals surface area contributed by atoms with Crippen molar-refractivity contribution in [2.24, 2.45) is 0 Å². The van der Waals surface area contributed by atoms with Crippen molar-refractivity contribution in [1.29, 1.82) is 0 Å². The topological polar surface area (TPSA) is 112 Å². The van der Waals surface area contributed by atoms with Crippen molar-refractivity contribution in [3.8, 4) is 0 Å². The Kier molecular flexibility index (Phi) is 4.24. The van der Waals surface area contributed by atoms with Gasteiger partial charge in [-0.05, 0) is 25.7 Å². The van der Waals surface area contributed by atoms with Crippen molar-refractivity contribution in [1.82, 2.24) is 24.8 Å². The molecule has 0 unspecified atom stereocenters. The molecule has 2 aliphatic rings. The van der Waals surface area contributed by atoms with Gasteiger partial charge in [0.15, 0.2) is 0 Å². The summed E-state index contributed by atoms with van der Waals surface area (Å²) in [6.45, 7) is 7.24. The molecule has 148 valence electrons. The molecule has 0 saturated carbocycles. The lowest BCUT2D eigenvalue weighted by Gasteiger charge is -2.39. The molecular weight excluding hydrogens is 358 g/mol. The number of nitrogens with one attached hydrogen (secondary N) is 2. The van der Waals surface area contributed by atoms with Crippen molar-refractivity contribution in [2.75, 3.05) is 13.1 Å². The van der Waals surface area contributed by atoms with E-state index in [9.17, 15) is 14.4 Å². The monoisotopic (exact) mass is 383 g/mol. The smallest absolute Gasteiger partial charge is 0.271 e. The summed E-state index contributed by atoms with van der Waals surface area (Å²) < 4.78 is 0. The van der Waals surface area contributed by atoms with Crippen LogP contribution in [0.2, 0.25) is 0 Å². The number of nitrogens with zero attached hydrogens (tertiary/aromatic N) is 3. The number of piperidine rings is 1. The van der Waals surface area contributed by atoms with Crippen LogP contribution < -0.4 is 11.1 Å². The molecule has 4 rings (SSSR count). The van der Waals surface area contributed by atoms with E-state index in [-0.39, 0.29) is 33.5 Å². The predicted octanol–water partition coefficient (Wildman–Crippen LogP) is 1.27. The van der Waals surface area contributed by atoms with Gasteiger partial charge in [-0.3, -0.25) is 19.4 Å². The van der Waals surface area contributed by atoms with Crippen molar-refractivity contribution in [3.05, 3.63) is 55.9 Å². The fraction of sp³-hybridized carbons (Fsp3) is 0.550. The van der Waals surface area contributed by atoms with Crippen molar-refractivity contribution in [2.45, 2.75) is 57.3 Å². The fourth-order valence-corrected chi connectivity index (χ4v) is 4.29. The zero-order valence-corrected chi connectivity index (χ0v) is 16.5. The van der Waals surface area contributed by atoms with Crippen LogP contribution in [0.3, 0.4) is 0 Å². The number of H-pyrrole nitrogens is 2. The summed E-state index contributed by atoms with van der Waals surface area (Å²) in [6.07, 6.45) is 5.67. The summed E-state index contributed by atoms with van der Waals surface area (Å²) in [7, 11) is 0. The van der Waals surface area contributed by atoms with Gasteiger partial charge in [-0.25, -0.2) is 4.98 Å². The minimum Gasteiger partial charge on any atom is -0.337 e. The summed E-state index contributed by atoms with van der Waals surface area (Å²) in [5, 5.41) is 0. The Morgan fingerprint density at radius 3 is 2.46 bits per heavy atom. The van der Waals surface area contributed by atoms with Crippen molar-refractivity contribution >= 4 is 5.91 Å². The van der Waals surface area contributed by atoms with E-state index in [0.29, 0.717) is 18.9 Å². The molecule has 1 aliphatic carbocycles. The molecular formula is C20H25N5O3. The van der Waals surface area contributed by atoms with Crippen LogP contribution in [-0.2, 0) is 17.3 Å². The van der Waals surface area contributed by atoms with Crippen molar-refractivity contribution in [3.63, 3.8) is 0 Å². The van der Waals surface area contributed by atoms with Gasteiger partial charge in [0, 0.05) is 29.5 Å². The van der Waals surface area contributed by atoms with Gasteiger partial charge in [-0.1, -0.05) is 20.8 Å². The molecule has 0 radical (unpaired) electrons. The summed E-state index contributed by atoms with van der Waals surface area (Å²) in [5.41, 5.74) is 1.12. The van der Waals surface area contributed by atoms with Gasteiger partial charge >= 0.3 is 0 Å². The first-order chi connectivity index (χ1) is 13.2. The highest BCUT2D eigenvalue weighted by Crippen LogP contribution is 2.44. The van der Waals surface area contributed by atoms with E-state index in [4.69, 9.17) is 4.98 Å². The maximum Gasteiger partial charge on any atom is 0.271 e. The standard InChI is InChI=1S/C20H25N5O3/c1-19(2,3)18-23-15-12(16(27)24-18)4-5-20(15)6-8-25(9-7-20)17(28)13-10-21-11-14(26)22-13/h10-11H,4-9H2,1-3H3,(H,22,26)(H,23,24,27). The number of aromatic amines is 2. The van der Waals surface area contributed by atoms with Crippen LogP contribution in [0.1, 0.15) is 67.6 Å². The number of carbonyl (C=O) groups excluding carboxylic acids is 1. The number of rotatable bonds is 1. The van der Waals surface area contributed by atoms with E-state index in [1.165, 1.54) is 6.20 Å². The summed E-state index contributed by atoms with van der Waals surface area (Å²) in [6, 6.07) is 0. The first kappa shape index (κ1) is 18.6. The van der Waals surface area contributed by atoms with Gasteiger partial charge < -0.3 is 14.9 Å². The highest BCUT2D eigenvalue weighted by Gasteiger charge is 2.45. The van der Waals surface area contributed by atoms with Crippen LogP contribution in [0.4, 0.5) is 0 Å². The third-order valence-corrected chi connectivity index (χ3v) is 5.97. The van der Waals surface area contributed by atoms with E-state index < -0.39 is 0 Å². The molecule has 28 heavy (non-hydrogen) atoms. The molecule has 3 heterocycles. The van der Waals surface area contributed by atoms with E-state index in [1.807, 2.05) is 20.8 Å². The Morgan fingerprint density at radius 2 is 1.82 bits per heavy atom. The highest BCUT2D eigenvalue weighted by molar-refractivity contribution is 5.92. The quantitative estimate of drug-likeness (QED) is 0.770. The van der Waals surface area contributed by atoms with Crippen LogP contribution in [0.15, 0.2) is 22.0 Å². The molecule has 1 amide bonds. The summed E-state index contributed by atoms with van der Waals surface area (Å²) >= 11 is 0. The molecule has 8 nitrogen and oxygen atoms in total. The zero-order chi connectivity index (χ0) is 20.1. The number of carbonyl (C=O) groups is 1.